The lowest BCUT2D eigenvalue weighted by molar-refractivity contribution is 0.626. The second kappa shape index (κ2) is 5.09. The molecule has 0 fully saturated rings. The molecule has 1 atom stereocenters. The van der Waals surface area contributed by atoms with Crippen LogP contribution in [0.15, 0.2) is 35.7 Å². The van der Waals surface area contributed by atoms with E-state index in [1.165, 1.54) is 30.2 Å². The van der Waals surface area contributed by atoms with E-state index in [1.54, 1.807) is 12.1 Å². The van der Waals surface area contributed by atoms with Gasteiger partial charge in [-0.15, -0.1) is 0 Å². The zero-order valence-corrected chi connectivity index (χ0v) is 9.25. The fourth-order valence-electron chi connectivity index (χ4n) is 1.24. The molecule has 0 aliphatic rings. The molecular formula is C10H11FN4S. The average molecular weight is 238 g/mol. The Bertz CT molecular complexity index is 429. The molecule has 3 N–H and O–H groups in total. The summed E-state index contributed by atoms with van der Waals surface area (Å²) < 4.78 is 12.7. The maximum Gasteiger partial charge on any atom is 0.183 e. The third kappa shape index (κ3) is 2.80. The highest BCUT2D eigenvalue weighted by molar-refractivity contribution is 7.99. The van der Waals surface area contributed by atoms with Crippen LogP contribution in [0.1, 0.15) is 11.6 Å². The van der Waals surface area contributed by atoms with Crippen molar-refractivity contribution in [2.24, 2.45) is 5.73 Å². The van der Waals surface area contributed by atoms with Crippen LogP contribution in [0, 0.1) is 5.82 Å². The van der Waals surface area contributed by atoms with Gasteiger partial charge in [0.25, 0.3) is 0 Å². The minimum absolute atomic E-state index is 0.143. The van der Waals surface area contributed by atoms with Gasteiger partial charge in [-0.2, -0.15) is 5.10 Å². The average Bonchev–Trinajstić information content (AvgIpc) is 2.80. The highest BCUT2D eigenvalue weighted by atomic mass is 32.2. The summed E-state index contributed by atoms with van der Waals surface area (Å²) in [6.45, 7) is 0. The Morgan fingerprint density at radius 3 is 2.75 bits per heavy atom. The van der Waals surface area contributed by atoms with Crippen molar-refractivity contribution in [3.63, 3.8) is 0 Å². The number of aromatic nitrogens is 3. The van der Waals surface area contributed by atoms with Crippen molar-refractivity contribution in [1.82, 2.24) is 15.2 Å². The Balaban J connectivity index is 1.93. The smallest absolute Gasteiger partial charge is 0.183 e. The van der Waals surface area contributed by atoms with Gasteiger partial charge in [-0.25, -0.2) is 9.37 Å². The summed E-state index contributed by atoms with van der Waals surface area (Å²) in [5.74, 6) is 0.416. The van der Waals surface area contributed by atoms with Gasteiger partial charge in [-0.1, -0.05) is 23.9 Å². The number of thioether (sulfide) groups is 1. The Morgan fingerprint density at radius 2 is 2.12 bits per heavy atom. The molecule has 1 aromatic carbocycles. The number of halogens is 1. The van der Waals surface area contributed by atoms with E-state index in [2.05, 4.69) is 15.2 Å². The van der Waals surface area contributed by atoms with Gasteiger partial charge in [0.2, 0.25) is 0 Å². The van der Waals surface area contributed by atoms with Gasteiger partial charge < -0.3 is 5.73 Å². The molecule has 2 rings (SSSR count). The van der Waals surface area contributed by atoms with Crippen molar-refractivity contribution < 1.29 is 4.39 Å². The molecule has 1 aromatic heterocycles. The molecule has 0 amide bonds. The summed E-state index contributed by atoms with van der Waals surface area (Å²) in [6.07, 6.45) is 1.45. The highest BCUT2D eigenvalue weighted by Crippen LogP contribution is 2.20. The lowest BCUT2D eigenvalue weighted by atomic mass is 10.1. The molecule has 2 aromatic rings. The molecule has 0 spiro atoms. The Labute approximate surface area is 96.5 Å². The summed E-state index contributed by atoms with van der Waals surface area (Å²) in [7, 11) is 0. The number of nitrogens with zero attached hydrogens (tertiary/aromatic N) is 2. The van der Waals surface area contributed by atoms with E-state index in [0.29, 0.717) is 5.75 Å². The third-order valence-electron chi connectivity index (χ3n) is 2.09. The van der Waals surface area contributed by atoms with Gasteiger partial charge in [-0.3, -0.25) is 5.10 Å². The van der Waals surface area contributed by atoms with Crippen LogP contribution in [0.3, 0.4) is 0 Å². The zero-order chi connectivity index (χ0) is 11.4. The first-order valence-corrected chi connectivity index (χ1v) is 5.73. The van der Waals surface area contributed by atoms with E-state index < -0.39 is 0 Å². The van der Waals surface area contributed by atoms with Crippen molar-refractivity contribution in [3.8, 4) is 0 Å². The molecule has 1 heterocycles. The lowest BCUT2D eigenvalue weighted by Crippen LogP contribution is -2.12. The van der Waals surface area contributed by atoms with E-state index in [0.717, 1.165) is 10.7 Å². The standard InChI is InChI=1S/C10H11FN4S/c11-8-3-1-7(2-4-8)9(12)5-16-10-13-6-14-15-10/h1-4,6,9H,5,12H2,(H,13,14,15). The molecule has 16 heavy (non-hydrogen) atoms. The molecule has 0 bridgehead atoms. The number of nitrogens with two attached hydrogens (primary N) is 1. The van der Waals surface area contributed by atoms with Crippen LogP contribution < -0.4 is 5.73 Å². The van der Waals surface area contributed by atoms with Gasteiger partial charge in [0.1, 0.15) is 12.1 Å². The van der Waals surface area contributed by atoms with Crippen molar-refractivity contribution in [3.05, 3.63) is 42.0 Å². The quantitative estimate of drug-likeness (QED) is 0.796. The van der Waals surface area contributed by atoms with E-state index >= 15 is 0 Å². The van der Waals surface area contributed by atoms with Crippen molar-refractivity contribution in [2.75, 3.05) is 5.75 Å². The number of rotatable bonds is 4. The Hall–Kier alpha value is -1.40. The molecule has 0 radical (unpaired) electrons. The summed E-state index contributed by atoms with van der Waals surface area (Å²) in [4.78, 5) is 3.98. The summed E-state index contributed by atoms with van der Waals surface area (Å²) in [5, 5.41) is 7.21. The van der Waals surface area contributed by atoms with Crippen LogP contribution in [0.25, 0.3) is 0 Å². The number of nitrogens with one attached hydrogen (secondary N) is 1. The van der Waals surface area contributed by atoms with Crippen molar-refractivity contribution in [1.29, 1.82) is 0 Å². The summed E-state index contributed by atoms with van der Waals surface area (Å²) >= 11 is 1.49. The van der Waals surface area contributed by atoms with E-state index in [1.807, 2.05) is 0 Å². The van der Waals surface area contributed by atoms with E-state index in [-0.39, 0.29) is 11.9 Å². The van der Waals surface area contributed by atoms with Crippen molar-refractivity contribution >= 4 is 11.8 Å². The largest absolute Gasteiger partial charge is 0.323 e. The summed E-state index contributed by atoms with van der Waals surface area (Å²) in [5.41, 5.74) is 6.87. The summed E-state index contributed by atoms with van der Waals surface area (Å²) in [6, 6.07) is 6.07. The zero-order valence-electron chi connectivity index (χ0n) is 8.43. The monoisotopic (exact) mass is 238 g/mol. The Kier molecular flexibility index (Phi) is 3.53. The number of aromatic amines is 1. The lowest BCUT2D eigenvalue weighted by Gasteiger charge is -2.10. The molecule has 0 aliphatic carbocycles. The van der Waals surface area contributed by atoms with Crippen LogP contribution in [0.4, 0.5) is 4.39 Å². The van der Waals surface area contributed by atoms with Crippen LogP contribution >= 0.6 is 11.8 Å². The number of hydrogen-bond donors (Lipinski definition) is 2. The molecule has 1 unspecified atom stereocenters. The fourth-order valence-corrected chi connectivity index (χ4v) is 2.01. The number of H-pyrrole nitrogens is 1. The first-order valence-electron chi connectivity index (χ1n) is 4.75. The molecule has 0 saturated carbocycles. The predicted octanol–water partition coefficient (Wildman–Crippen LogP) is 1.74. The molecular weight excluding hydrogens is 227 g/mol. The SMILES string of the molecule is NC(CSc1ncn[nH]1)c1ccc(F)cc1. The molecule has 0 saturated heterocycles. The van der Waals surface area contributed by atoms with E-state index in [4.69, 9.17) is 5.73 Å². The minimum atomic E-state index is -0.251. The highest BCUT2D eigenvalue weighted by Gasteiger charge is 2.07. The van der Waals surface area contributed by atoms with Gasteiger partial charge in [0.15, 0.2) is 5.16 Å². The maximum atomic E-state index is 12.7. The van der Waals surface area contributed by atoms with Gasteiger partial charge in [0.05, 0.1) is 0 Å². The second-order valence-electron chi connectivity index (χ2n) is 3.26. The number of hydrogen-bond acceptors (Lipinski definition) is 4. The molecule has 0 aliphatic heterocycles. The molecule has 4 nitrogen and oxygen atoms in total. The van der Waals surface area contributed by atoms with Crippen LogP contribution in [-0.4, -0.2) is 20.9 Å². The maximum absolute atomic E-state index is 12.7. The van der Waals surface area contributed by atoms with Crippen LogP contribution in [-0.2, 0) is 0 Å². The topological polar surface area (TPSA) is 67.6 Å². The normalized spacial score (nSPS) is 12.6. The molecule has 84 valence electrons. The molecule has 6 heteroatoms. The predicted molar refractivity (Wildman–Crippen MR) is 60.4 cm³/mol. The fraction of sp³-hybridized carbons (Fsp3) is 0.200. The first kappa shape index (κ1) is 11.1. The third-order valence-corrected chi connectivity index (χ3v) is 3.09. The van der Waals surface area contributed by atoms with Crippen molar-refractivity contribution in [2.45, 2.75) is 11.2 Å². The van der Waals surface area contributed by atoms with Crippen LogP contribution in [0.2, 0.25) is 0 Å². The number of benzene rings is 1. The first-order chi connectivity index (χ1) is 7.75. The second-order valence-corrected chi connectivity index (χ2v) is 4.27. The van der Waals surface area contributed by atoms with Gasteiger partial charge >= 0.3 is 0 Å². The Morgan fingerprint density at radius 1 is 1.38 bits per heavy atom. The van der Waals surface area contributed by atoms with E-state index in [9.17, 15) is 4.39 Å². The van der Waals surface area contributed by atoms with Gasteiger partial charge in [-0.05, 0) is 17.7 Å². The van der Waals surface area contributed by atoms with Gasteiger partial charge in [0, 0.05) is 11.8 Å². The minimum Gasteiger partial charge on any atom is -0.323 e. The van der Waals surface area contributed by atoms with Crippen LogP contribution in [0.5, 0.6) is 0 Å².